The van der Waals surface area contributed by atoms with E-state index in [0.29, 0.717) is 5.76 Å². The quantitative estimate of drug-likeness (QED) is 0.776. The molecular formula is C7H8F3NO2. The third kappa shape index (κ3) is 2.73. The molecule has 0 saturated carbocycles. The molecule has 0 aliphatic rings. The molecule has 0 fully saturated rings. The fourth-order valence-electron chi connectivity index (χ4n) is 0.828. The van der Waals surface area contributed by atoms with E-state index in [9.17, 15) is 13.2 Å². The van der Waals surface area contributed by atoms with Crippen molar-refractivity contribution in [3.63, 3.8) is 0 Å². The van der Waals surface area contributed by atoms with Crippen molar-refractivity contribution < 1.29 is 22.8 Å². The van der Waals surface area contributed by atoms with Gasteiger partial charge in [0.25, 0.3) is 0 Å². The van der Waals surface area contributed by atoms with E-state index in [1.165, 1.54) is 6.07 Å². The Balaban J connectivity index is 2.60. The highest BCUT2D eigenvalue weighted by atomic mass is 19.4. The summed E-state index contributed by atoms with van der Waals surface area (Å²) in [5.41, 5.74) is 0.0994. The summed E-state index contributed by atoms with van der Waals surface area (Å²) in [5.74, 6) is 0.421. The SMILES string of the molecule is Cc1cc(CC(O)C(F)(F)F)no1. The van der Waals surface area contributed by atoms with E-state index >= 15 is 0 Å². The molecule has 0 aromatic carbocycles. The van der Waals surface area contributed by atoms with Crippen molar-refractivity contribution in [3.8, 4) is 0 Å². The van der Waals surface area contributed by atoms with E-state index in [4.69, 9.17) is 5.11 Å². The molecule has 1 aromatic heterocycles. The molecule has 0 saturated heterocycles. The number of aryl methyl sites for hydroxylation is 1. The van der Waals surface area contributed by atoms with Crippen LogP contribution in [0.2, 0.25) is 0 Å². The van der Waals surface area contributed by atoms with E-state index in [1.54, 1.807) is 6.92 Å². The van der Waals surface area contributed by atoms with Crippen molar-refractivity contribution in [2.75, 3.05) is 0 Å². The Labute approximate surface area is 72.1 Å². The summed E-state index contributed by atoms with van der Waals surface area (Å²) in [7, 11) is 0. The lowest BCUT2D eigenvalue weighted by atomic mass is 10.2. The number of aromatic nitrogens is 1. The van der Waals surface area contributed by atoms with E-state index in [0.717, 1.165) is 0 Å². The summed E-state index contributed by atoms with van der Waals surface area (Å²) >= 11 is 0. The van der Waals surface area contributed by atoms with Gasteiger partial charge in [-0.2, -0.15) is 13.2 Å². The Hall–Kier alpha value is -1.04. The highest BCUT2D eigenvalue weighted by Crippen LogP contribution is 2.22. The summed E-state index contributed by atoms with van der Waals surface area (Å²) in [6.07, 6.45) is -7.55. The van der Waals surface area contributed by atoms with Gasteiger partial charge in [0, 0.05) is 12.5 Å². The number of hydrogen-bond donors (Lipinski definition) is 1. The highest BCUT2D eigenvalue weighted by Gasteiger charge is 2.38. The van der Waals surface area contributed by atoms with Gasteiger partial charge >= 0.3 is 6.18 Å². The molecule has 1 unspecified atom stereocenters. The zero-order chi connectivity index (χ0) is 10.1. The van der Waals surface area contributed by atoms with Crippen molar-refractivity contribution in [2.45, 2.75) is 25.6 Å². The van der Waals surface area contributed by atoms with Crippen molar-refractivity contribution in [3.05, 3.63) is 17.5 Å². The molecule has 0 amide bonds. The minimum atomic E-state index is -4.60. The van der Waals surface area contributed by atoms with Gasteiger partial charge in [-0.05, 0) is 6.92 Å². The molecule has 0 bridgehead atoms. The Kier molecular flexibility index (Phi) is 2.60. The van der Waals surface area contributed by atoms with Gasteiger partial charge in [-0.15, -0.1) is 0 Å². The number of alkyl halides is 3. The highest BCUT2D eigenvalue weighted by molar-refractivity contribution is 5.05. The molecular weight excluding hydrogens is 187 g/mol. The maximum absolute atomic E-state index is 11.8. The lowest BCUT2D eigenvalue weighted by molar-refractivity contribution is -0.203. The number of aliphatic hydroxyl groups is 1. The lowest BCUT2D eigenvalue weighted by Gasteiger charge is -2.11. The Morgan fingerprint density at radius 2 is 2.23 bits per heavy atom. The monoisotopic (exact) mass is 195 g/mol. The van der Waals surface area contributed by atoms with E-state index < -0.39 is 18.7 Å². The molecule has 13 heavy (non-hydrogen) atoms. The topological polar surface area (TPSA) is 46.3 Å². The Bertz CT molecular complexity index is 282. The van der Waals surface area contributed by atoms with Crippen LogP contribution >= 0.6 is 0 Å². The predicted molar refractivity (Wildman–Crippen MR) is 37.0 cm³/mol. The third-order valence-electron chi connectivity index (χ3n) is 1.46. The molecule has 1 rings (SSSR count). The molecule has 0 spiro atoms. The molecule has 74 valence electrons. The summed E-state index contributed by atoms with van der Waals surface area (Å²) in [5, 5.41) is 12.0. The number of rotatable bonds is 2. The van der Waals surface area contributed by atoms with Crippen LogP contribution in [0.15, 0.2) is 10.6 Å². The van der Waals surface area contributed by atoms with Crippen LogP contribution in [0.4, 0.5) is 13.2 Å². The number of halogens is 3. The van der Waals surface area contributed by atoms with Crippen LogP contribution in [0.25, 0.3) is 0 Å². The summed E-state index contributed by atoms with van der Waals surface area (Å²) < 4.78 is 40.0. The molecule has 3 nitrogen and oxygen atoms in total. The minimum absolute atomic E-state index is 0.0994. The molecule has 0 aliphatic heterocycles. The van der Waals surface area contributed by atoms with Gasteiger partial charge in [-0.3, -0.25) is 0 Å². The fourth-order valence-corrected chi connectivity index (χ4v) is 0.828. The average Bonchev–Trinajstić information content (AvgIpc) is 2.33. The average molecular weight is 195 g/mol. The van der Waals surface area contributed by atoms with Crippen LogP contribution in [0.5, 0.6) is 0 Å². The van der Waals surface area contributed by atoms with Crippen LogP contribution < -0.4 is 0 Å². The first kappa shape index (κ1) is 10.0. The van der Waals surface area contributed by atoms with Gasteiger partial charge in [-0.1, -0.05) is 5.16 Å². The fraction of sp³-hybridized carbons (Fsp3) is 0.571. The number of aliphatic hydroxyl groups excluding tert-OH is 1. The molecule has 1 atom stereocenters. The van der Waals surface area contributed by atoms with E-state index in [-0.39, 0.29) is 5.69 Å². The van der Waals surface area contributed by atoms with Crippen LogP contribution in [-0.2, 0) is 6.42 Å². The normalized spacial score (nSPS) is 14.5. The van der Waals surface area contributed by atoms with Crippen LogP contribution in [-0.4, -0.2) is 22.5 Å². The lowest BCUT2D eigenvalue weighted by Crippen LogP contribution is -2.30. The van der Waals surface area contributed by atoms with Crippen LogP contribution in [0, 0.1) is 6.92 Å². The van der Waals surface area contributed by atoms with Crippen molar-refractivity contribution >= 4 is 0 Å². The largest absolute Gasteiger partial charge is 0.414 e. The second-order valence-electron chi connectivity index (χ2n) is 2.69. The summed E-state index contributed by atoms with van der Waals surface area (Å²) in [6, 6.07) is 1.36. The summed E-state index contributed by atoms with van der Waals surface area (Å²) in [4.78, 5) is 0. The molecule has 0 radical (unpaired) electrons. The predicted octanol–water partition coefficient (Wildman–Crippen LogP) is 1.45. The Morgan fingerprint density at radius 3 is 2.62 bits per heavy atom. The first-order valence-corrected chi connectivity index (χ1v) is 3.56. The molecule has 0 aliphatic carbocycles. The summed E-state index contributed by atoms with van der Waals surface area (Å²) in [6.45, 7) is 1.57. The minimum Gasteiger partial charge on any atom is -0.383 e. The maximum atomic E-state index is 11.8. The second-order valence-corrected chi connectivity index (χ2v) is 2.69. The maximum Gasteiger partial charge on any atom is 0.414 e. The van der Waals surface area contributed by atoms with Crippen LogP contribution in [0.1, 0.15) is 11.5 Å². The van der Waals surface area contributed by atoms with E-state index in [1.807, 2.05) is 0 Å². The molecule has 1 N–H and O–H groups in total. The van der Waals surface area contributed by atoms with Gasteiger partial charge in [-0.25, -0.2) is 0 Å². The van der Waals surface area contributed by atoms with Gasteiger partial charge in [0.2, 0.25) is 0 Å². The van der Waals surface area contributed by atoms with Crippen molar-refractivity contribution in [1.82, 2.24) is 5.16 Å². The van der Waals surface area contributed by atoms with Crippen molar-refractivity contribution in [2.24, 2.45) is 0 Å². The van der Waals surface area contributed by atoms with E-state index in [2.05, 4.69) is 9.68 Å². The number of nitrogens with zero attached hydrogens (tertiary/aromatic N) is 1. The zero-order valence-electron chi connectivity index (χ0n) is 6.80. The Morgan fingerprint density at radius 1 is 1.62 bits per heavy atom. The molecule has 1 heterocycles. The molecule has 1 aromatic rings. The smallest absolute Gasteiger partial charge is 0.383 e. The number of hydrogen-bond acceptors (Lipinski definition) is 3. The van der Waals surface area contributed by atoms with Crippen LogP contribution in [0.3, 0.4) is 0 Å². The van der Waals surface area contributed by atoms with Gasteiger partial charge < -0.3 is 9.63 Å². The van der Waals surface area contributed by atoms with Gasteiger partial charge in [0.1, 0.15) is 5.76 Å². The first-order valence-electron chi connectivity index (χ1n) is 3.56. The zero-order valence-corrected chi connectivity index (χ0v) is 6.80. The standard InChI is InChI=1S/C7H8F3NO2/c1-4-2-5(11-13-4)3-6(12)7(8,9)10/h2,6,12H,3H2,1H3. The molecule has 6 heteroatoms. The van der Waals surface area contributed by atoms with Gasteiger partial charge in [0.15, 0.2) is 6.10 Å². The van der Waals surface area contributed by atoms with Crippen molar-refractivity contribution in [1.29, 1.82) is 0 Å². The third-order valence-corrected chi connectivity index (χ3v) is 1.46. The first-order chi connectivity index (χ1) is 5.89. The van der Waals surface area contributed by atoms with Gasteiger partial charge in [0.05, 0.1) is 5.69 Å². The second kappa shape index (κ2) is 3.37.